The fourth-order valence-corrected chi connectivity index (χ4v) is 3.16. The molecule has 4 rings (SSSR count). The highest BCUT2D eigenvalue weighted by molar-refractivity contribution is 6.05. The Bertz CT molecular complexity index is 940. The second-order valence-corrected chi connectivity index (χ2v) is 6.37. The van der Waals surface area contributed by atoms with Crippen LogP contribution >= 0.6 is 0 Å². The lowest BCUT2D eigenvalue weighted by atomic mass is 10.1. The van der Waals surface area contributed by atoms with E-state index in [-0.39, 0.29) is 18.4 Å². The number of ether oxygens (including phenoxy) is 3. The Morgan fingerprint density at radius 2 is 1.86 bits per heavy atom. The van der Waals surface area contributed by atoms with Crippen molar-refractivity contribution in [1.82, 2.24) is 5.32 Å². The van der Waals surface area contributed by atoms with Gasteiger partial charge in [0, 0.05) is 13.1 Å². The van der Waals surface area contributed by atoms with Gasteiger partial charge in [0.2, 0.25) is 0 Å². The maximum absolute atomic E-state index is 12.9. The molecule has 1 atom stereocenters. The van der Waals surface area contributed by atoms with Crippen molar-refractivity contribution < 1.29 is 23.8 Å². The second kappa shape index (κ2) is 7.64. The van der Waals surface area contributed by atoms with Crippen LogP contribution in [0.5, 0.6) is 17.2 Å². The number of para-hydroxylation sites is 2. The van der Waals surface area contributed by atoms with Crippen molar-refractivity contribution in [3.63, 3.8) is 0 Å². The number of hydrogen-bond donors (Lipinski definition) is 1. The molecule has 0 bridgehead atoms. The molecule has 0 aliphatic carbocycles. The number of fused-ring (bicyclic) bond motifs is 2. The molecule has 0 fully saturated rings. The van der Waals surface area contributed by atoms with Crippen LogP contribution in [0.25, 0.3) is 6.08 Å². The number of hydrogen-bond acceptors (Lipinski definition) is 5. The van der Waals surface area contributed by atoms with E-state index in [0.29, 0.717) is 36.1 Å². The van der Waals surface area contributed by atoms with Gasteiger partial charge in [-0.05, 0) is 35.9 Å². The molecule has 144 valence electrons. The molecule has 0 saturated carbocycles. The van der Waals surface area contributed by atoms with Crippen molar-refractivity contribution in [1.29, 1.82) is 0 Å². The van der Waals surface area contributed by atoms with Crippen LogP contribution in [0, 0.1) is 0 Å². The van der Waals surface area contributed by atoms with Gasteiger partial charge in [0.1, 0.15) is 19.0 Å². The molecule has 0 saturated heterocycles. The van der Waals surface area contributed by atoms with Gasteiger partial charge in [0.15, 0.2) is 17.6 Å². The molecule has 7 nitrogen and oxygen atoms in total. The van der Waals surface area contributed by atoms with Gasteiger partial charge in [-0.25, -0.2) is 0 Å². The Morgan fingerprint density at radius 3 is 2.68 bits per heavy atom. The summed E-state index contributed by atoms with van der Waals surface area (Å²) >= 11 is 0. The molecule has 0 radical (unpaired) electrons. The zero-order valence-electron chi connectivity index (χ0n) is 15.4. The van der Waals surface area contributed by atoms with Gasteiger partial charge in [0.25, 0.3) is 11.8 Å². The summed E-state index contributed by atoms with van der Waals surface area (Å²) in [5, 5.41) is 2.57. The summed E-state index contributed by atoms with van der Waals surface area (Å²) in [5.74, 6) is 1.36. The molecule has 28 heavy (non-hydrogen) atoms. The van der Waals surface area contributed by atoms with Crippen molar-refractivity contribution >= 4 is 23.6 Å². The SMILES string of the molecule is CNC(=O)[C@@H]1CN(C(=O)/C=C/c2ccc3c(c2)OCCO3)c2ccccc2O1. The molecule has 0 unspecified atom stereocenters. The third kappa shape index (κ3) is 3.51. The first-order chi connectivity index (χ1) is 13.7. The summed E-state index contributed by atoms with van der Waals surface area (Å²) in [6.07, 6.45) is 2.44. The van der Waals surface area contributed by atoms with Crippen molar-refractivity contribution in [3.8, 4) is 17.2 Å². The lowest BCUT2D eigenvalue weighted by Crippen LogP contribution is -2.49. The van der Waals surface area contributed by atoms with Crippen molar-refractivity contribution in [3.05, 3.63) is 54.1 Å². The van der Waals surface area contributed by atoms with Crippen LogP contribution in [0.4, 0.5) is 5.69 Å². The van der Waals surface area contributed by atoms with Gasteiger partial charge in [0.05, 0.1) is 12.2 Å². The molecular formula is C21H20N2O5. The molecule has 0 aromatic heterocycles. The van der Waals surface area contributed by atoms with Crippen LogP contribution in [0.15, 0.2) is 48.5 Å². The van der Waals surface area contributed by atoms with Gasteiger partial charge in [-0.2, -0.15) is 0 Å². The van der Waals surface area contributed by atoms with E-state index in [1.165, 1.54) is 6.08 Å². The van der Waals surface area contributed by atoms with Crippen LogP contribution in [0.1, 0.15) is 5.56 Å². The molecule has 2 amide bonds. The maximum atomic E-state index is 12.9. The monoisotopic (exact) mass is 380 g/mol. The van der Waals surface area contributed by atoms with Crippen molar-refractivity contribution in [2.24, 2.45) is 0 Å². The summed E-state index contributed by atoms with van der Waals surface area (Å²) in [6.45, 7) is 1.18. The summed E-state index contributed by atoms with van der Waals surface area (Å²) in [4.78, 5) is 26.5. The molecule has 2 aromatic carbocycles. The number of carbonyl (C=O) groups is 2. The van der Waals surface area contributed by atoms with Crippen LogP contribution in [0.3, 0.4) is 0 Å². The number of rotatable bonds is 3. The van der Waals surface area contributed by atoms with Gasteiger partial charge in [-0.3, -0.25) is 9.59 Å². The van der Waals surface area contributed by atoms with Crippen molar-refractivity contribution in [2.75, 3.05) is 31.7 Å². The topological polar surface area (TPSA) is 77.1 Å². The highest BCUT2D eigenvalue weighted by Gasteiger charge is 2.32. The first kappa shape index (κ1) is 17.9. The van der Waals surface area contributed by atoms with Crippen LogP contribution in [-0.4, -0.2) is 44.7 Å². The second-order valence-electron chi connectivity index (χ2n) is 6.37. The maximum Gasteiger partial charge on any atom is 0.262 e. The highest BCUT2D eigenvalue weighted by Crippen LogP contribution is 2.34. The molecule has 7 heteroatoms. The van der Waals surface area contributed by atoms with Gasteiger partial charge >= 0.3 is 0 Å². The number of amides is 2. The molecule has 2 aliphatic heterocycles. The van der Waals surface area contributed by atoms with Gasteiger partial charge in [-0.1, -0.05) is 18.2 Å². The third-order valence-corrected chi connectivity index (χ3v) is 4.56. The standard InChI is InChI=1S/C21H20N2O5/c1-22-21(25)19-13-23(15-4-2-3-5-16(15)28-19)20(24)9-7-14-6-8-17-18(12-14)27-11-10-26-17/h2-9,12,19H,10-11,13H2,1H3,(H,22,25)/b9-7+/t19-/m0/s1. The Balaban J connectivity index is 1.56. The van der Waals surface area contributed by atoms with Gasteiger partial charge < -0.3 is 24.4 Å². The minimum Gasteiger partial charge on any atom is -0.486 e. The number of anilines is 1. The van der Waals surface area contributed by atoms with E-state index in [2.05, 4.69) is 5.32 Å². The Kier molecular flexibility index (Phi) is 4.89. The van der Waals surface area contributed by atoms with E-state index < -0.39 is 6.10 Å². The quantitative estimate of drug-likeness (QED) is 0.825. The van der Waals surface area contributed by atoms with Crippen LogP contribution in [0.2, 0.25) is 0 Å². The summed E-state index contributed by atoms with van der Waals surface area (Å²) in [7, 11) is 1.54. The lowest BCUT2D eigenvalue weighted by molar-refractivity contribution is -0.127. The molecule has 1 N–H and O–H groups in total. The zero-order valence-corrected chi connectivity index (χ0v) is 15.4. The molecule has 2 heterocycles. The zero-order chi connectivity index (χ0) is 19.5. The minimum absolute atomic E-state index is 0.140. The number of carbonyl (C=O) groups excluding carboxylic acids is 2. The number of likely N-dealkylation sites (N-methyl/N-ethyl adjacent to an activating group) is 1. The first-order valence-corrected chi connectivity index (χ1v) is 9.02. The van der Waals surface area contributed by atoms with E-state index in [1.807, 2.05) is 24.3 Å². The smallest absolute Gasteiger partial charge is 0.262 e. The van der Waals surface area contributed by atoms with E-state index in [9.17, 15) is 9.59 Å². The van der Waals surface area contributed by atoms with Crippen molar-refractivity contribution in [2.45, 2.75) is 6.10 Å². The Labute approximate surface area is 162 Å². The predicted octanol–water partition coefficient (Wildman–Crippen LogP) is 2.01. The number of nitrogens with one attached hydrogen (secondary N) is 1. The molecule has 2 aliphatic rings. The first-order valence-electron chi connectivity index (χ1n) is 9.02. The number of benzene rings is 2. The summed E-state index contributed by atoms with van der Waals surface area (Å²) in [6, 6.07) is 12.7. The Morgan fingerprint density at radius 1 is 1.07 bits per heavy atom. The Hall–Kier alpha value is -3.48. The van der Waals surface area contributed by atoms with E-state index in [0.717, 1.165) is 5.56 Å². The fourth-order valence-electron chi connectivity index (χ4n) is 3.16. The minimum atomic E-state index is -0.758. The van der Waals surface area contributed by atoms with E-state index >= 15 is 0 Å². The predicted molar refractivity (Wildman–Crippen MR) is 104 cm³/mol. The average Bonchev–Trinajstić information content (AvgIpc) is 2.75. The summed E-state index contributed by atoms with van der Waals surface area (Å²) in [5.41, 5.74) is 1.46. The van der Waals surface area contributed by atoms with Crippen LogP contribution in [-0.2, 0) is 9.59 Å². The lowest BCUT2D eigenvalue weighted by Gasteiger charge is -2.33. The molecular weight excluding hydrogens is 360 g/mol. The third-order valence-electron chi connectivity index (χ3n) is 4.56. The van der Waals surface area contributed by atoms with E-state index in [4.69, 9.17) is 14.2 Å². The fraction of sp³-hybridized carbons (Fsp3) is 0.238. The average molecular weight is 380 g/mol. The largest absolute Gasteiger partial charge is 0.486 e. The highest BCUT2D eigenvalue weighted by atomic mass is 16.6. The van der Waals surface area contributed by atoms with E-state index in [1.54, 1.807) is 36.2 Å². The van der Waals surface area contributed by atoms with Gasteiger partial charge in [-0.15, -0.1) is 0 Å². The molecule has 2 aromatic rings. The summed E-state index contributed by atoms with van der Waals surface area (Å²) < 4.78 is 16.8. The molecule has 0 spiro atoms. The normalized spacial score (nSPS) is 17.6. The van der Waals surface area contributed by atoms with Crippen LogP contribution < -0.4 is 24.4 Å². The number of nitrogens with zero attached hydrogens (tertiary/aromatic N) is 1.